The fraction of sp³-hybridized carbons (Fsp3) is 0.933. The van der Waals surface area contributed by atoms with Crippen LogP contribution in [0.1, 0.15) is 58.8 Å². The van der Waals surface area contributed by atoms with Crippen molar-refractivity contribution in [2.45, 2.75) is 58.8 Å². The third-order valence-corrected chi connectivity index (χ3v) is 5.21. The van der Waals surface area contributed by atoms with E-state index in [1.807, 2.05) is 0 Å². The maximum atomic E-state index is 12.3. The number of aliphatic hydroxyl groups is 1. The van der Waals surface area contributed by atoms with Gasteiger partial charge in [0.25, 0.3) is 0 Å². The third-order valence-electron chi connectivity index (χ3n) is 5.21. The van der Waals surface area contributed by atoms with Crippen LogP contribution in [0.4, 0.5) is 0 Å². The number of carbonyl (C=O) groups is 1. The summed E-state index contributed by atoms with van der Waals surface area (Å²) in [6.07, 6.45) is 7.81. The molecular formula is C15H27NO2. The first kappa shape index (κ1) is 13.9. The highest BCUT2D eigenvalue weighted by Crippen LogP contribution is 2.43. The Kier molecular flexibility index (Phi) is 4.00. The van der Waals surface area contributed by atoms with Crippen LogP contribution in [-0.4, -0.2) is 24.2 Å². The van der Waals surface area contributed by atoms with E-state index >= 15 is 0 Å². The molecule has 1 amide bonds. The van der Waals surface area contributed by atoms with Crippen LogP contribution in [0, 0.1) is 16.7 Å². The molecule has 0 spiro atoms. The summed E-state index contributed by atoms with van der Waals surface area (Å²) in [4.78, 5) is 12.3. The Bertz CT molecular complexity index is 306. The molecule has 1 unspecified atom stereocenters. The lowest BCUT2D eigenvalue weighted by Crippen LogP contribution is -2.43. The SMILES string of the molecule is CC1(C)CCCC1C(=O)NCC1(CO)CCCC1. The molecular weight excluding hydrogens is 226 g/mol. The van der Waals surface area contributed by atoms with Gasteiger partial charge >= 0.3 is 0 Å². The van der Waals surface area contributed by atoms with Crippen molar-refractivity contribution in [1.82, 2.24) is 5.32 Å². The van der Waals surface area contributed by atoms with Crippen molar-refractivity contribution in [3.05, 3.63) is 0 Å². The van der Waals surface area contributed by atoms with E-state index in [2.05, 4.69) is 19.2 Å². The Hall–Kier alpha value is -0.570. The van der Waals surface area contributed by atoms with E-state index in [1.54, 1.807) is 0 Å². The van der Waals surface area contributed by atoms with Crippen molar-refractivity contribution in [2.24, 2.45) is 16.7 Å². The second kappa shape index (κ2) is 5.20. The van der Waals surface area contributed by atoms with Gasteiger partial charge in [0.1, 0.15) is 0 Å². The molecule has 1 atom stereocenters. The Balaban J connectivity index is 1.88. The fourth-order valence-corrected chi connectivity index (χ4v) is 3.73. The number of rotatable bonds is 4. The van der Waals surface area contributed by atoms with Gasteiger partial charge in [-0.2, -0.15) is 0 Å². The Morgan fingerprint density at radius 3 is 2.39 bits per heavy atom. The molecule has 2 fully saturated rings. The number of hydrogen-bond donors (Lipinski definition) is 2. The van der Waals surface area contributed by atoms with E-state index < -0.39 is 0 Å². The van der Waals surface area contributed by atoms with E-state index in [4.69, 9.17) is 0 Å². The van der Waals surface area contributed by atoms with Crippen LogP contribution in [0.5, 0.6) is 0 Å². The summed E-state index contributed by atoms with van der Waals surface area (Å²) in [6.45, 7) is 5.26. The third kappa shape index (κ3) is 2.71. The zero-order valence-corrected chi connectivity index (χ0v) is 11.8. The normalized spacial score (nSPS) is 29.4. The van der Waals surface area contributed by atoms with Gasteiger partial charge in [-0.1, -0.05) is 33.1 Å². The zero-order valence-electron chi connectivity index (χ0n) is 11.8. The molecule has 104 valence electrons. The molecule has 3 nitrogen and oxygen atoms in total. The van der Waals surface area contributed by atoms with Gasteiger partial charge in [-0.15, -0.1) is 0 Å². The molecule has 2 aliphatic rings. The van der Waals surface area contributed by atoms with Crippen LogP contribution >= 0.6 is 0 Å². The van der Waals surface area contributed by atoms with Crippen LogP contribution < -0.4 is 5.32 Å². The first-order valence-electron chi connectivity index (χ1n) is 7.38. The average Bonchev–Trinajstić information content (AvgIpc) is 2.93. The quantitative estimate of drug-likeness (QED) is 0.808. The minimum absolute atomic E-state index is 0.0294. The van der Waals surface area contributed by atoms with Crippen LogP contribution in [-0.2, 0) is 4.79 Å². The topological polar surface area (TPSA) is 49.3 Å². The van der Waals surface area contributed by atoms with Crippen LogP contribution in [0.3, 0.4) is 0 Å². The smallest absolute Gasteiger partial charge is 0.223 e. The van der Waals surface area contributed by atoms with Crippen molar-refractivity contribution >= 4 is 5.91 Å². The molecule has 0 bridgehead atoms. The fourth-order valence-electron chi connectivity index (χ4n) is 3.73. The lowest BCUT2D eigenvalue weighted by atomic mass is 9.81. The van der Waals surface area contributed by atoms with E-state index in [0.29, 0.717) is 6.54 Å². The lowest BCUT2D eigenvalue weighted by Gasteiger charge is -2.30. The summed E-state index contributed by atoms with van der Waals surface area (Å²) < 4.78 is 0. The number of amides is 1. The van der Waals surface area contributed by atoms with E-state index in [1.165, 1.54) is 12.8 Å². The van der Waals surface area contributed by atoms with Gasteiger partial charge in [-0.25, -0.2) is 0 Å². The molecule has 18 heavy (non-hydrogen) atoms. The molecule has 0 aromatic carbocycles. The standard InChI is InChI=1S/C15H27NO2/c1-14(2)7-5-6-12(14)13(18)16-10-15(11-17)8-3-4-9-15/h12,17H,3-11H2,1-2H3,(H,16,18). The molecule has 2 N–H and O–H groups in total. The lowest BCUT2D eigenvalue weighted by molar-refractivity contribution is -0.128. The van der Waals surface area contributed by atoms with Gasteiger partial charge in [0.15, 0.2) is 0 Å². The van der Waals surface area contributed by atoms with Crippen LogP contribution in [0.15, 0.2) is 0 Å². The molecule has 0 aromatic rings. The first-order valence-corrected chi connectivity index (χ1v) is 7.38. The Morgan fingerprint density at radius 2 is 1.89 bits per heavy atom. The molecule has 0 saturated heterocycles. The van der Waals surface area contributed by atoms with Gasteiger partial charge in [0.2, 0.25) is 5.91 Å². The highest BCUT2D eigenvalue weighted by molar-refractivity contribution is 5.79. The van der Waals surface area contributed by atoms with E-state index in [-0.39, 0.29) is 29.3 Å². The number of aliphatic hydroxyl groups excluding tert-OH is 1. The molecule has 0 aromatic heterocycles. The molecule has 2 saturated carbocycles. The largest absolute Gasteiger partial charge is 0.396 e. The molecule has 0 radical (unpaired) electrons. The highest BCUT2D eigenvalue weighted by atomic mass is 16.3. The minimum Gasteiger partial charge on any atom is -0.396 e. The highest BCUT2D eigenvalue weighted by Gasteiger charge is 2.40. The first-order chi connectivity index (χ1) is 8.49. The van der Waals surface area contributed by atoms with E-state index in [9.17, 15) is 9.90 Å². The van der Waals surface area contributed by atoms with Crippen molar-refractivity contribution in [1.29, 1.82) is 0 Å². The zero-order chi connectivity index (χ0) is 13.2. The van der Waals surface area contributed by atoms with Crippen LogP contribution in [0.25, 0.3) is 0 Å². The number of nitrogens with one attached hydrogen (secondary N) is 1. The monoisotopic (exact) mass is 253 g/mol. The summed E-state index contributed by atoms with van der Waals surface area (Å²) in [5.41, 5.74) is 0.116. The second-order valence-corrected chi connectivity index (χ2v) is 7.02. The minimum atomic E-state index is -0.0294. The van der Waals surface area contributed by atoms with Crippen molar-refractivity contribution < 1.29 is 9.90 Å². The Morgan fingerprint density at radius 1 is 1.22 bits per heavy atom. The van der Waals surface area contributed by atoms with E-state index in [0.717, 1.165) is 32.1 Å². The maximum Gasteiger partial charge on any atom is 0.223 e. The summed E-state index contributed by atoms with van der Waals surface area (Å²) in [6, 6.07) is 0. The van der Waals surface area contributed by atoms with Gasteiger partial charge in [-0.05, 0) is 31.1 Å². The second-order valence-electron chi connectivity index (χ2n) is 7.02. The summed E-state index contributed by atoms with van der Waals surface area (Å²) >= 11 is 0. The molecule has 0 aliphatic heterocycles. The summed E-state index contributed by atoms with van der Waals surface area (Å²) in [5, 5.41) is 12.7. The molecule has 2 rings (SSSR count). The van der Waals surface area contributed by atoms with Crippen molar-refractivity contribution in [3.63, 3.8) is 0 Å². The van der Waals surface area contributed by atoms with Crippen molar-refractivity contribution in [3.8, 4) is 0 Å². The molecule has 2 aliphatic carbocycles. The summed E-state index contributed by atoms with van der Waals surface area (Å²) in [7, 11) is 0. The predicted octanol–water partition coefficient (Wildman–Crippen LogP) is 2.48. The van der Waals surface area contributed by atoms with Crippen LogP contribution in [0.2, 0.25) is 0 Å². The number of hydrogen-bond acceptors (Lipinski definition) is 2. The van der Waals surface area contributed by atoms with Gasteiger partial charge < -0.3 is 10.4 Å². The Labute approximate surface area is 110 Å². The molecule has 0 heterocycles. The van der Waals surface area contributed by atoms with Crippen molar-refractivity contribution in [2.75, 3.05) is 13.2 Å². The predicted molar refractivity (Wildman–Crippen MR) is 72.1 cm³/mol. The maximum absolute atomic E-state index is 12.3. The van der Waals surface area contributed by atoms with Gasteiger partial charge in [0.05, 0.1) is 6.61 Å². The number of carbonyl (C=O) groups excluding carboxylic acids is 1. The van der Waals surface area contributed by atoms with Gasteiger partial charge in [-0.3, -0.25) is 4.79 Å². The molecule has 3 heteroatoms. The van der Waals surface area contributed by atoms with Gasteiger partial charge in [0, 0.05) is 17.9 Å². The average molecular weight is 253 g/mol. The summed E-state index contributed by atoms with van der Waals surface area (Å²) in [5.74, 6) is 0.367.